The first-order chi connectivity index (χ1) is 71.4. The number of benzene rings is 2. The highest BCUT2D eigenvalue weighted by atomic mass is 35.5. The van der Waals surface area contributed by atoms with Crippen molar-refractivity contribution in [2.45, 2.75) is 238 Å². The van der Waals surface area contributed by atoms with Crippen molar-refractivity contribution < 1.29 is 77.7 Å². The number of nitrogens with zero attached hydrogens (tertiary/aromatic N) is 17. The summed E-state index contributed by atoms with van der Waals surface area (Å²) < 4.78 is 134. The van der Waals surface area contributed by atoms with Crippen molar-refractivity contribution in [2.75, 3.05) is 26.6 Å². The van der Waals surface area contributed by atoms with Crippen LogP contribution in [-0.4, -0.2) is 198 Å². The summed E-state index contributed by atoms with van der Waals surface area (Å²) in [5.41, 5.74) is 1.15. The predicted molar refractivity (Wildman–Crippen MR) is 560 cm³/mol. The van der Waals surface area contributed by atoms with Crippen molar-refractivity contribution >= 4 is 183 Å². The van der Waals surface area contributed by atoms with Gasteiger partial charge in [-0.25, -0.2) is 116 Å². The van der Waals surface area contributed by atoms with E-state index in [9.17, 15) is 74.2 Å². The van der Waals surface area contributed by atoms with Crippen LogP contribution in [0, 0.1) is 54.3 Å². The third-order valence-electron chi connectivity index (χ3n) is 25.9. The van der Waals surface area contributed by atoms with Gasteiger partial charge in [-0.15, -0.1) is 0 Å². The molecule has 0 saturated heterocycles. The lowest BCUT2D eigenvalue weighted by Crippen LogP contribution is -2.47. The van der Waals surface area contributed by atoms with E-state index < -0.39 is 86.3 Å². The largest absolute Gasteiger partial charge is 0.479 e. The molecular formula is C101H102Cl5F5N24O12S2Si. The van der Waals surface area contributed by atoms with Gasteiger partial charge >= 0.3 is 5.97 Å². The van der Waals surface area contributed by atoms with Crippen LogP contribution in [0.25, 0.3) is 89.7 Å². The van der Waals surface area contributed by atoms with Gasteiger partial charge in [0.25, 0.3) is 20.0 Å². The Balaban J connectivity index is 0.000000137. The number of pyridine rings is 4. The van der Waals surface area contributed by atoms with Gasteiger partial charge in [-0.1, -0.05) is 88.7 Å². The number of aromatic amines is 2. The number of carboxylic acids is 1. The number of aryl methyl sites for hydroxylation is 2. The molecule has 20 rings (SSSR count). The Hall–Kier alpha value is -13.3. The second kappa shape index (κ2) is 46.2. The van der Waals surface area contributed by atoms with Crippen molar-refractivity contribution in [3.05, 3.63) is 219 Å². The average molecular weight is 2210 g/mol. The van der Waals surface area contributed by atoms with Crippen molar-refractivity contribution in [1.29, 1.82) is 5.26 Å². The number of nitrogens with one attached hydrogen (secondary N) is 7. The molecule has 2 aromatic carbocycles. The van der Waals surface area contributed by atoms with Crippen LogP contribution in [0.5, 0.6) is 0 Å². The first-order valence-corrected chi connectivity index (χ1v) is 56.3. The van der Waals surface area contributed by atoms with Crippen LogP contribution >= 0.6 is 58.0 Å². The summed E-state index contributed by atoms with van der Waals surface area (Å²) in [6, 6.07) is 20.7. The zero-order chi connectivity index (χ0) is 107. The maximum Gasteiger partial charge on any atom is 0.335 e. The number of rotatable bonds is 24. The normalized spacial score (nSPS) is 20.0. The summed E-state index contributed by atoms with van der Waals surface area (Å²) in [6.07, 6.45) is 28.9. The molecule has 0 amide bonds. The number of aliphatic carboxylic acids is 1. The summed E-state index contributed by atoms with van der Waals surface area (Å²) in [5, 5.41) is 59.0. The third-order valence-corrected chi connectivity index (χ3v) is 31.2. The number of hydrogen-bond donors (Lipinski definition) is 10. The van der Waals surface area contributed by atoms with E-state index in [0.717, 1.165) is 87.5 Å². The number of carbonyl (C=O) groups excluding carboxylic acids is 3. The lowest BCUT2D eigenvalue weighted by Gasteiger charge is -2.40. The molecule has 5 saturated carbocycles. The van der Waals surface area contributed by atoms with Gasteiger partial charge in [-0.05, 0) is 184 Å². The second-order valence-electron chi connectivity index (χ2n) is 38.4. The SMILES string of the molecule is CCCC(=O)[C@@]1(O)CCCC(Nc2nc(-c3c[nH]c4ncc(Cl)cc34)ncc2F)C1.Cc1ccc(S(=O)(=O)n2cc(-c3ncc(F)c(NC4CCCC(=O)C4)n3)c3cc(Cl)cnc32)cc1.Cc1ccc(S(=O)(=O)n2cc(-c3ncc(F)c(NC4CCCC(C#N)(O[Si](C)(C)C)C4)n3)c3cc(Cl)cnc32)cc1.O=C(O)[C@@]1(O)CCCC(Nc2nc(-c3c[nH]c4ncc(Cl)cc34)ncc2F)C1.O=C1CCCC(Nc2nc(Cl)ncc2F)C1. The molecule has 784 valence electrons. The van der Waals surface area contributed by atoms with E-state index in [2.05, 4.69) is 112 Å². The van der Waals surface area contributed by atoms with E-state index in [1.54, 1.807) is 60.9 Å². The summed E-state index contributed by atoms with van der Waals surface area (Å²) in [4.78, 5) is 111. The Morgan fingerprint density at radius 1 is 0.473 bits per heavy atom. The van der Waals surface area contributed by atoms with E-state index in [1.165, 1.54) is 61.4 Å². The van der Waals surface area contributed by atoms with Crippen LogP contribution < -0.4 is 26.6 Å². The molecule has 49 heteroatoms. The predicted octanol–water partition coefficient (Wildman–Crippen LogP) is 20.5. The van der Waals surface area contributed by atoms with Crippen molar-refractivity contribution in [3.63, 3.8) is 0 Å². The maximum absolute atomic E-state index is 15.0. The number of carboxylic acid groups (broad SMARTS) is 1. The first-order valence-electron chi connectivity index (χ1n) is 48.1. The number of H-pyrrole nitrogens is 2. The lowest BCUT2D eigenvalue weighted by atomic mass is 9.78. The van der Waals surface area contributed by atoms with Gasteiger partial charge in [0, 0.05) is 175 Å². The summed E-state index contributed by atoms with van der Waals surface area (Å²) >= 11 is 30.0. The molecular weight excluding hydrogens is 2110 g/mol. The molecule has 0 bridgehead atoms. The first kappa shape index (κ1) is 109. The van der Waals surface area contributed by atoms with Crippen LogP contribution in [0.3, 0.4) is 0 Å². The van der Waals surface area contributed by atoms with Gasteiger partial charge in [0.1, 0.15) is 34.1 Å². The summed E-state index contributed by atoms with van der Waals surface area (Å²) in [5.74, 6) is -3.49. The summed E-state index contributed by atoms with van der Waals surface area (Å²) in [7, 11) is -10.0. The van der Waals surface area contributed by atoms with Crippen molar-refractivity contribution in [2.24, 2.45) is 0 Å². The Labute approximate surface area is 883 Å². The number of anilines is 5. The second-order valence-corrected chi connectivity index (χ2v) is 48.5. The van der Waals surface area contributed by atoms with Gasteiger partial charge in [0.05, 0.1) is 66.9 Å². The van der Waals surface area contributed by atoms with Crippen LogP contribution in [0.4, 0.5) is 51.0 Å². The fourth-order valence-electron chi connectivity index (χ4n) is 18.7. The highest BCUT2D eigenvalue weighted by molar-refractivity contribution is 7.90. The molecule has 5 aliphatic carbocycles. The number of halogens is 10. The third kappa shape index (κ3) is 25.8. The number of Topliss-reactive ketones (excluding diaryl/α,β-unsaturated/α-hetero) is 3. The van der Waals surface area contributed by atoms with Crippen LogP contribution in [0.15, 0.2) is 163 Å². The van der Waals surface area contributed by atoms with E-state index in [-0.39, 0.29) is 134 Å². The Morgan fingerprint density at radius 2 is 0.820 bits per heavy atom. The molecule has 8 atom stereocenters. The topological polar surface area (TPSA) is 512 Å². The Morgan fingerprint density at radius 3 is 1.21 bits per heavy atom. The molecule has 5 aliphatic rings. The van der Waals surface area contributed by atoms with Crippen LogP contribution in [0.1, 0.15) is 159 Å². The zero-order valence-corrected chi connectivity index (χ0v) is 88.0. The molecule has 36 nitrogen and oxygen atoms in total. The number of aromatic nitrogens is 18. The standard InChI is InChI=1S/C28H30ClFN6O3SSi.C24H21ClFN5O3S.C21H23ClFN5O2.C18H17ClFN5O3.C10H11ClFN3O/c1-18-7-9-21(10-8-18)40(37,38)36-16-23(22-12-19(29)14-33-27(22)36)25-32-15-24(30)26(35-25)34-20-6-5-11-28(13-20,17-31)39-41(2,3)4;1-14-5-7-18(8-6-14)35(33,34)31-13-20(19-9-15(25)11-28-24(19)31)22-27-12-21(26)23(30-22)29-16-3-2-4-17(32)10-16;1-2-4-17(29)21(30)6-3-5-13(8-21)27-20-16(23)11-26-19(28-20)15-10-25-18-14(15)7-12(22)9-24-18;19-9-4-11-12(7-22-14(11)21-6-9)15-23-8-13(20)16(25-15)24-10-2-1-3-18(28,5-10)17(26)27;11-10-13-5-8(12)9(15-10)14-6-2-1-3-7(16)4-6/h7-10,12,14-16,20H,5-6,11,13H2,1-4H3,(H,32,34,35);5-9,11-13,16H,2-4,10H2,1H3,(H,27,29,30);7,9-11,13,30H,2-6,8H2,1H3,(H,24,25)(H,26,27,28);4,6-8,10,28H,1-3,5H2,(H,21,22)(H,26,27)(H,23,24,25);5-6H,1-4H2,(H,13,14,15)/t;;13?,21-;10?,18-;/m..11./s1. The van der Waals surface area contributed by atoms with Crippen molar-refractivity contribution in [3.8, 4) is 51.6 Å². The van der Waals surface area contributed by atoms with E-state index in [4.69, 9.17) is 62.4 Å². The summed E-state index contributed by atoms with van der Waals surface area (Å²) in [6.45, 7) is 11.8. The van der Waals surface area contributed by atoms with Gasteiger partial charge in [0.2, 0.25) is 5.28 Å². The fraction of sp³-hybridized carbons (Fsp3) is 0.356. The minimum atomic E-state index is -4.03. The maximum atomic E-state index is 15.0. The molecule has 0 radical (unpaired) electrons. The monoisotopic (exact) mass is 2200 g/mol. The number of nitriles is 1. The van der Waals surface area contributed by atoms with Gasteiger partial charge in [0.15, 0.2) is 112 Å². The fourth-order valence-corrected chi connectivity index (χ4v) is 23.5. The van der Waals surface area contributed by atoms with Crippen LogP contribution in [0.2, 0.25) is 45.0 Å². The smallest absolute Gasteiger partial charge is 0.335 e. The van der Waals surface area contributed by atoms with E-state index in [1.807, 2.05) is 40.4 Å². The molecule has 15 aromatic rings. The molecule has 0 spiro atoms. The van der Waals surface area contributed by atoms with E-state index in [0.29, 0.717) is 166 Å². The van der Waals surface area contributed by atoms with Crippen LogP contribution in [-0.2, 0) is 43.7 Å². The minimum absolute atomic E-state index is 0.00830. The Kier molecular flexibility index (Phi) is 33.7. The molecule has 0 aliphatic heterocycles. The number of fused-ring (bicyclic) bond motifs is 4. The number of aliphatic hydroxyl groups is 2. The van der Waals surface area contributed by atoms with E-state index >= 15 is 4.39 Å². The molecule has 6 unspecified atom stereocenters. The highest BCUT2D eigenvalue weighted by Crippen LogP contribution is 2.42. The van der Waals surface area contributed by atoms with Gasteiger partial charge < -0.3 is 56.3 Å². The Bertz CT molecular complexity index is 7920. The molecule has 5 fully saturated rings. The lowest BCUT2D eigenvalue weighted by molar-refractivity contribution is -0.162. The number of hydrogen-bond acceptors (Lipinski definition) is 31. The quantitative estimate of drug-likeness (QED) is 0.0153. The molecule has 150 heavy (non-hydrogen) atoms. The van der Waals surface area contributed by atoms with Crippen molar-refractivity contribution in [1.82, 2.24) is 87.7 Å². The molecule has 13 heterocycles. The minimum Gasteiger partial charge on any atom is -0.479 e. The zero-order valence-electron chi connectivity index (χ0n) is 81.6. The molecule has 10 N–H and O–H groups in total. The average Bonchev–Trinajstić information content (AvgIpc) is 1.59. The van der Waals surface area contributed by atoms with Gasteiger partial charge in [-0.3, -0.25) is 14.4 Å². The van der Waals surface area contributed by atoms with Gasteiger partial charge in [-0.2, -0.15) is 10.2 Å². The number of carbonyl (C=O) groups is 4. The highest BCUT2D eigenvalue weighted by Gasteiger charge is 2.45. The molecule has 13 aromatic heterocycles. The number of ketones is 3.